The Hall–Kier alpha value is -4.20. The van der Waals surface area contributed by atoms with Crippen molar-refractivity contribution in [3.63, 3.8) is 0 Å². The number of phenols is 1. The van der Waals surface area contributed by atoms with Crippen LogP contribution in [-0.2, 0) is 4.79 Å². The molecule has 8 nitrogen and oxygen atoms in total. The van der Waals surface area contributed by atoms with E-state index in [1.165, 1.54) is 0 Å². The summed E-state index contributed by atoms with van der Waals surface area (Å²) < 4.78 is 0. The van der Waals surface area contributed by atoms with Gasteiger partial charge in [-0.25, -0.2) is 0 Å². The van der Waals surface area contributed by atoms with Crippen LogP contribution in [0.25, 0.3) is 0 Å². The molecule has 0 aromatic heterocycles. The van der Waals surface area contributed by atoms with Gasteiger partial charge in [0.2, 0.25) is 5.91 Å². The summed E-state index contributed by atoms with van der Waals surface area (Å²) in [6.45, 7) is 0. The molecule has 3 aromatic rings. The minimum absolute atomic E-state index is 0.0737. The van der Waals surface area contributed by atoms with Gasteiger partial charge in [0.15, 0.2) is 0 Å². The Morgan fingerprint density at radius 2 is 1.60 bits per heavy atom. The van der Waals surface area contributed by atoms with E-state index in [9.17, 15) is 24.8 Å². The van der Waals surface area contributed by atoms with Crippen LogP contribution in [0.5, 0.6) is 5.75 Å². The normalized spacial score (nSPS) is 11.3. The number of nitrogens with zero attached hydrogens (tertiary/aromatic N) is 1. The van der Waals surface area contributed by atoms with Crippen molar-refractivity contribution in [2.24, 2.45) is 0 Å². The van der Waals surface area contributed by atoms with Crippen LogP contribution in [0.15, 0.2) is 78.9 Å². The molecule has 0 aliphatic carbocycles. The monoisotopic (exact) mass is 405 g/mol. The third kappa shape index (κ3) is 5.20. The average Bonchev–Trinajstić information content (AvgIpc) is 2.76. The van der Waals surface area contributed by atoms with Crippen molar-refractivity contribution in [1.29, 1.82) is 0 Å². The number of aromatic hydroxyl groups is 1. The zero-order valence-corrected chi connectivity index (χ0v) is 15.8. The van der Waals surface area contributed by atoms with E-state index < -0.39 is 16.9 Å². The van der Waals surface area contributed by atoms with Crippen molar-refractivity contribution >= 4 is 23.2 Å². The Kier molecular flexibility index (Phi) is 6.39. The fourth-order valence-electron chi connectivity index (χ4n) is 2.89. The Morgan fingerprint density at radius 1 is 0.967 bits per heavy atom. The van der Waals surface area contributed by atoms with Crippen LogP contribution in [0.3, 0.4) is 0 Å². The molecule has 0 saturated carbocycles. The maximum atomic E-state index is 12.6. The van der Waals surface area contributed by atoms with E-state index in [0.29, 0.717) is 5.56 Å². The van der Waals surface area contributed by atoms with Crippen LogP contribution >= 0.6 is 0 Å². The third-order valence-corrected chi connectivity index (χ3v) is 4.40. The summed E-state index contributed by atoms with van der Waals surface area (Å²) in [4.78, 5) is 35.5. The number of nitrogens with one attached hydrogen (secondary N) is 2. The molecule has 0 fully saturated rings. The molecule has 30 heavy (non-hydrogen) atoms. The quantitative estimate of drug-likeness (QED) is 0.314. The molecule has 3 rings (SSSR count). The first-order valence-electron chi connectivity index (χ1n) is 9.12. The van der Waals surface area contributed by atoms with Gasteiger partial charge in [-0.3, -0.25) is 19.7 Å². The molecular formula is C22H19N3O5. The number of carbonyl (C=O) groups is 2. The molecule has 3 aromatic carbocycles. The number of non-ortho nitro benzene ring substituents is 1. The minimum atomic E-state index is -0.639. The number of phenolic OH excluding ortho intramolecular Hbond substituents is 1. The third-order valence-electron chi connectivity index (χ3n) is 4.40. The highest BCUT2D eigenvalue weighted by atomic mass is 16.6. The van der Waals surface area contributed by atoms with Gasteiger partial charge in [-0.05, 0) is 23.8 Å². The standard InChI is InChI=1S/C22H19N3O5/c26-20-12-11-17(25(29)30)13-19(20)23-21(27)14-18(15-7-3-1-4-8-15)24-22(28)16-9-5-2-6-10-16/h1-13,18,26H,14H2,(H,23,27)(H,24,28). The number of anilines is 1. The van der Waals surface area contributed by atoms with Gasteiger partial charge in [0, 0.05) is 17.7 Å². The Labute approximate surface area is 172 Å². The smallest absolute Gasteiger partial charge is 0.271 e. The highest BCUT2D eigenvalue weighted by molar-refractivity contribution is 5.96. The van der Waals surface area contributed by atoms with Crippen LogP contribution in [0, 0.1) is 10.1 Å². The van der Waals surface area contributed by atoms with Crippen molar-refractivity contribution in [2.75, 3.05) is 5.32 Å². The highest BCUT2D eigenvalue weighted by Gasteiger charge is 2.20. The molecule has 0 saturated heterocycles. The molecular weight excluding hydrogens is 386 g/mol. The van der Waals surface area contributed by atoms with E-state index in [0.717, 1.165) is 23.8 Å². The molecule has 2 amide bonds. The van der Waals surface area contributed by atoms with Crippen molar-refractivity contribution < 1.29 is 19.6 Å². The van der Waals surface area contributed by atoms with E-state index in [-0.39, 0.29) is 29.5 Å². The molecule has 0 aliphatic rings. The van der Waals surface area contributed by atoms with Gasteiger partial charge in [0.25, 0.3) is 11.6 Å². The van der Waals surface area contributed by atoms with E-state index in [4.69, 9.17) is 0 Å². The number of rotatable bonds is 7. The number of hydrogen-bond donors (Lipinski definition) is 3. The van der Waals surface area contributed by atoms with Crippen molar-refractivity contribution in [1.82, 2.24) is 5.32 Å². The maximum absolute atomic E-state index is 12.6. The summed E-state index contributed by atoms with van der Waals surface area (Å²) in [6, 6.07) is 20.3. The molecule has 1 unspecified atom stereocenters. The summed E-state index contributed by atoms with van der Waals surface area (Å²) in [6.07, 6.45) is -0.134. The largest absolute Gasteiger partial charge is 0.506 e. The van der Waals surface area contributed by atoms with Gasteiger partial charge in [0.1, 0.15) is 5.75 Å². The maximum Gasteiger partial charge on any atom is 0.271 e. The second kappa shape index (κ2) is 9.33. The SMILES string of the molecule is O=C(CC(NC(=O)c1ccccc1)c1ccccc1)Nc1cc([N+](=O)[O-])ccc1O. The summed E-state index contributed by atoms with van der Waals surface area (Å²) in [5, 5.41) is 26.2. The predicted molar refractivity (Wildman–Crippen MR) is 111 cm³/mol. The summed E-state index contributed by atoms with van der Waals surface area (Å²) in [7, 11) is 0. The Bertz CT molecular complexity index is 1050. The highest BCUT2D eigenvalue weighted by Crippen LogP contribution is 2.28. The fraction of sp³-hybridized carbons (Fsp3) is 0.0909. The van der Waals surface area contributed by atoms with Crippen LogP contribution in [0.2, 0.25) is 0 Å². The zero-order chi connectivity index (χ0) is 21.5. The fourth-order valence-corrected chi connectivity index (χ4v) is 2.89. The molecule has 1 atom stereocenters. The lowest BCUT2D eigenvalue weighted by atomic mass is 10.0. The van der Waals surface area contributed by atoms with Gasteiger partial charge in [-0.2, -0.15) is 0 Å². The molecule has 0 heterocycles. The van der Waals surface area contributed by atoms with E-state index in [1.807, 2.05) is 6.07 Å². The molecule has 8 heteroatoms. The second-order valence-electron chi connectivity index (χ2n) is 6.51. The number of amides is 2. The number of benzene rings is 3. The summed E-state index contributed by atoms with van der Waals surface area (Å²) in [5.74, 6) is -1.15. The first-order valence-corrected chi connectivity index (χ1v) is 9.12. The Morgan fingerprint density at radius 3 is 2.23 bits per heavy atom. The van der Waals surface area contributed by atoms with Gasteiger partial charge < -0.3 is 15.7 Å². The van der Waals surface area contributed by atoms with Crippen LogP contribution in [0.1, 0.15) is 28.4 Å². The number of carbonyl (C=O) groups excluding carboxylic acids is 2. The second-order valence-corrected chi connectivity index (χ2v) is 6.51. The minimum Gasteiger partial charge on any atom is -0.506 e. The van der Waals surface area contributed by atoms with Crippen molar-refractivity contribution in [3.05, 3.63) is 100 Å². The van der Waals surface area contributed by atoms with E-state index >= 15 is 0 Å². The molecule has 0 spiro atoms. The molecule has 0 radical (unpaired) electrons. The summed E-state index contributed by atoms with van der Waals surface area (Å²) >= 11 is 0. The lowest BCUT2D eigenvalue weighted by Gasteiger charge is -2.19. The summed E-state index contributed by atoms with van der Waals surface area (Å²) in [5.41, 5.74) is 0.839. The average molecular weight is 405 g/mol. The molecule has 152 valence electrons. The van der Waals surface area contributed by atoms with Gasteiger partial charge in [-0.1, -0.05) is 48.5 Å². The first kappa shape index (κ1) is 20.5. The van der Waals surface area contributed by atoms with Gasteiger partial charge in [0.05, 0.1) is 23.1 Å². The molecule has 0 bridgehead atoms. The van der Waals surface area contributed by atoms with Crippen LogP contribution < -0.4 is 10.6 Å². The molecule has 0 aliphatic heterocycles. The number of nitro groups is 1. The predicted octanol–water partition coefficient (Wildman–Crippen LogP) is 3.80. The zero-order valence-electron chi connectivity index (χ0n) is 15.8. The first-order chi connectivity index (χ1) is 14.4. The van der Waals surface area contributed by atoms with E-state index in [1.54, 1.807) is 54.6 Å². The molecule has 3 N–H and O–H groups in total. The lowest BCUT2D eigenvalue weighted by Crippen LogP contribution is -2.31. The Balaban J connectivity index is 1.78. The van der Waals surface area contributed by atoms with Crippen LogP contribution in [-0.4, -0.2) is 21.8 Å². The van der Waals surface area contributed by atoms with E-state index in [2.05, 4.69) is 10.6 Å². The van der Waals surface area contributed by atoms with Gasteiger partial charge >= 0.3 is 0 Å². The van der Waals surface area contributed by atoms with Crippen molar-refractivity contribution in [3.8, 4) is 5.75 Å². The topological polar surface area (TPSA) is 122 Å². The lowest BCUT2D eigenvalue weighted by molar-refractivity contribution is -0.384. The van der Waals surface area contributed by atoms with Crippen LogP contribution in [0.4, 0.5) is 11.4 Å². The van der Waals surface area contributed by atoms with Crippen molar-refractivity contribution in [2.45, 2.75) is 12.5 Å². The van der Waals surface area contributed by atoms with Gasteiger partial charge in [-0.15, -0.1) is 0 Å². The number of hydrogen-bond acceptors (Lipinski definition) is 5. The number of nitro benzene ring substituents is 1.